The molecule has 1 atom stereocenters. The summed E-state index contributed by atoms with van der Waals surface area (Å²) < 4.78 is 35.5. The van der Waals surface area contributed by atoms with Crippen LogP contribution in [0.1, 0.15) is 12.5 Å². The summed E-state index contributed by atoms with van der Waals surface area (Å²) >= 11 is 0. The molecular weight excluding hydrogens is 257 g/mol. The molecule has 1 amide bonds. The largest absolute Gasteiger partial charge is 0.340 e. The molecule has 100 valence electrons. The van der Waals surface area contributed by atoms with E-state index in [0.29, 0.717) is 5.56 Å². The topological polar surface area (TPSA) is 54.5 Å². The van der Waals surface area contributed by atoms with Gasteiger partial charge in [-0.05, 0) is 24.6 Å². The van der Waals surface area contributed by atoms with Gasteiger partial charge in [0.25, 0.3) is 0 Å². The Morgan fingerprint density at radius 3 is 2.56 bits per heavy atom. The number of sulfone groups is 1. The molecule has 0 aliphatic rings. The van der Waals surface area contributed by atoms with Crippen molar-refractivity contribution < 1.29 is 17.6 Å². The van der Waals surface area contributed by atoms with Gasteiger partial charge in [-0.3, -0.25) is 4.79 Å². The zero-order valence-electron chi connectivity index (χ0n) is 10.6. The molecule has 1 aromatic rings. The van der Waals surface area contributed by atoms with Crippen LogP contribution in [0, 0.1) is 5.82 Å². The molecular formula is C12H16FNO3S. The molecule has 4 nitrogen and oxygen atoms in total. The Balaban J connectivity index is 2.77. The van der Waals surface area contributed by atoms with Crippen LogP contribution >= 0.6 is 0 Å². The highest BCUT2D eigenvalue weighted by Gasteiger charge is 2.26. The lowest BCUT2D eigenvalue weighted by molar-refractivity contribution is -0.129. The number of carbonyl (C=O) groups is 1. The predicted molar refractivity (Wildman–Crippen MR) is 67.2 cm³/mol. The van der Waals surface area contributed by atoms with Crippen molar-refractivity contribution >= 4 is 15.7 Å². The number of halogens is 1. The van der Waals surface area contributed by atoms with Crippen LogP contribution in [0.2, 0.25) is 0 Å². The molecule has 6 heteroatoms. The Morgan fingerprint density at radius 1 is 1.44 bits per heavy atom. The Kier molecular flexibility index (Phi) is 4.45. The van der Waals surface area contributed by atoms with Crippen LogP contribution in [0.5, 0.6) is 0 Å². The fourth-order valence-electron chi connectivity index (χ4n) is 1.48. The van der Waals surface area contributed by atoms with Crippen LogP contribution in [-0.2, 0) is 21.2 Å². The van der Waals surface area contributed by atoms with Crippen LogP contribution in [0.4, 0.5) is 4.39 Å². The molecule has 0 N–H and O–H groups in total. The van der Waals surface area contributed by atoms with Gasteiger partial charge in [-0.25, -0.2) is 12.8 Å². The van der Waals surface area contributed by atoms with E-state index in [1.165, 1.54) is 31.0 Å². The van der Waals surface area contributed by atoms with Crippen molar-refractivity contribution in [2.24, 2.45) is 0 Å². The van der Waals surface area contributed by atoms with Crippen molar-refractivity contribution in [3.05, 3.63) is 35.6 Å². The van der Waals surface area contributed by atoms with E-state index < -0.39 is 21.0 Å². The van der Waals surface area contributed by atoms with Crippen molar-refractivity contribution in [1.82, 2.24) is 4.90 Å². The van der Waals surface area contributed by atoms with E-state index >= 15 is 0 Å². The van der Waals surface area contributed by atoms with Crippen LogP contribution < -0.4 is 0 Å². The normalized spacial score (nSPS) is 13.1. The smallest absolute Gasteiger partial charge is 0.240 e. The molecule has 0 aromatic heterocycles. The Labute approximate surface area is 106 Å². The summed E-state index contributed by atoms with van der Waals surface area (Å²) in [5, 5.41) is -1.09. The summed E-state index contributed by atoms with van der Waals surface area (Å²) in [4.78, 5) is 13.1. The second-order valence-corrected chi connectivity index (χ2v) is 6.66. The van der Waals surface area contributed by atoms with Gasteiger partial charge < -0.3 is 4.90 Å². The number of carbonyl (C=O) groups excluding carboxylic acids is 1. The van der Waals surface area contributed by atoms with Crippen molar-refractivity contribution in [3.8, 4) is 0 Å². The van der Waals surface area contributed by atoms with Crippen LogP contribution in [0.3, 0.4) is 0 Å². The van der Waals surface area contributed by atoms with Gasteiger partial charge in [0, 0.05) is 19.8 Å². The lowest BCUT2D eigenvalue weighted by atomic mass is 10.2. The van der Waals surface area contributed by atoms with Crippen LogP contribution in [0.15, 0.2) is 24.3 Å². The van der Waals surface area contributed by atoms with Crippen molar-refractivity contribution in [2.75, 3.05) is 13.3 Å². The van der Waals surface area contributed by atoms with E-state index in [2.05, 4.69) is 0 Å². The first-order valence-corrected chi connectivity index (χ1v) is 7.35. The molecule has 1 rings (SSSR count). The summed E-state index contributed by atoms with van der Waals surface area (Å²) in [7, 11) is -1.92. The number of nitrogens with zero attached hydrogens (tertiary/aromatic N) is 1. The highest BCUT2D eigenvalue weighted by atomic mass is 32.2. The molecule has 0 saturated heterocycles. The van der Waals surface area contributed by atoms with E-state index in [4.69, 9.17) is 0 Å². The molecule has 0 heterocycles. The fraction of sp³-hybridized carbons (Fsp3) is 0.417. The van der Waals surface area contributed by atoms with E-state index in [9.17, 15) is 17.6 Å². The number of benzene rings is 1. The molecule has 1 unspecified atom stereocenters. The summed E-state index contributed by atoms with van der Waals surface area (Å²) in [6.07, 6.45) is 1.02. The molecule has 0 aliphatic carbocycles. The third-order valence-corrected chi connectivity index (χ3v) is 4.16. The zero-order chi connectivity index (χ0) is 13.9. The van der Waals surface area contributed by atoms with Crippen LogP contribution in [-0.4, -0.2) is 37.8 Å². The van der Waals surface area contributed by atoms with Gasteiger partial charge in [0.15, 0.2) is 9.84 Å². The molecule has 0 bridgehead atoms. The summed E-state index contributed by atoms with van der Waals surface area (Å²) in [5.41, 5.74) is 0.617. The quantitative estimate of drug-likeness (QED) is 0.828. The molecule has 0 aliphatic heterocycles. The fourth-order valence-corrected chi connectivity index (χ4v) is 2.03. The molecule has 18 heavy (non-hydrogen) atoms. The minimum atomic E-state index is -3.41. The second kappa shape index (κ2) is 5.48. The monoisotopic (exact) mass is 273 g/mol. The van der Waals surface area contributed by atoms with E-state index in [-0.39, 0.29) is 12.4 Å². The molecule has 1 aromatic carbocycles. The first kappa shape index (κ1) is 14.6. The summed E-state index contributed by atoms with van der Waals surface area (Å²) in [5.74, 6) is -0.883. The molecule has 0 fully saturated rings. The number of hydrogen-bond donors (Lipinski definition) is 0. The molecule has 0 radical (unpaired) electrons. The number of hydrogen-bond acceptors (Lipinski definition) is 3. The Hall–Kier alpha value is -1.43. The standard InChI is InChI=1S/C12H16FNO3S/c1-9(18(3,16)17)12(15)14(2)8-10-5-4-6-11(13)7-10/h4-7,9H,8H2,1-3H3. The summed E-state index contributed by atoms with van der Waals surface area (Å²) in [6.45, 7) is 1.52. The molecule has 0 spiro atoms. The minimum absolute atomic E-state index is 0.177. The molecule has 0 saturated carbocycles. The average Bonchev–Trinajstić information content (AvgIpc) is 2.25. The van der Waals surface area contributed by atoms with Gasteiger partial charge in [0.1, 0.15) is 11.1 Å². The van der Waals surface area contributed by atoms with Crippen molar-refractivity contribution in [3.63, 3.8) is 0 Å². The number of rotatable bonds is 4. The lowest BCUT2D eigenvalue weighted by Gasteiger charge is -2.20. The predicted octanol–water partition coefficient (Wildman–Crippen LogP) is 1.22. The second-order valence-electron chi connectivity index (χ2n) is 4.30. The average molecular weight is 273 g/mol. The van der Waals surface area contributed by atoms with Gasteiger partial charge >= 0.3 is 0 Å². The van der Waals surface area contributed by atoms with Crippen LogP contribution in [0.25, 0.3) is 0 Å². The summed E-state index contributed by atoms with van der Waals surface area (Å²) in [6, 6.07) is 5.85. The van der Waals surface area contributed by atoms with Gasteiger partial charge in [-0.15, -0.1) is 0 Å². The van der Waals surface area contributed by atoms with Crippen molar-refractivity contribution in [1.29, 1.82) is 0 Å². The maximum atomic E-state index is 13.0. The third-order valence-electron chi connectivity index (χ3n) is 2.67. The van der Waals surface area contributed by atoms with Gasteiger partial charge in [0.2, 0.25) is 5.91 Å². The SMILES string of the molecule is CC(C(=O)N(C)Cc1cccc(F)c1)S(C)(=O)=O. The maximum Gasteiger partial charge on any atom is 0.240 e. The van der Waals surface area contributed by atoms with E-state index in [1.54, 1.807) is 12.1 Å². The van der Waals surface area contributed by atoms with Gasteiger partial charge in [-0.1, -0.05) is 12.1 Å². The minimum Gasteiger partial charge on any atom is -0.340 e. The highest BCUT2D eigenvalue weighted by Crippen LogP contribution is 2.09. The lowest BCUT2D eigenvalue weighted by Crippen LogP contribution is -2.38. The first-order chi connectivity index (χ1) is 8.21. The third kappa shape index (κ3) is 3.80. The zero-order valence-corrected chi connectivity index (χ0v) is 11.4. The first-order valence-electron chi connectivity index (χ1n) is 5.40. The maximum absolute atomic E-state index is 13.0. The van der Waals surface area contributed by atoms with Gasteiger partial charge in [-0.2, -0.15) is 0 Å². The van der Waals surface area contributed by atoms with Gasteiger partial charge in [0.05, 0.1) is 0 Å². The Morgan fingerprint density at radius 2 is 2.06 bits per heavy atom. The number of amides is 1. The van der Waals surface area contributed by atoms with E-state index in [0.717, 1.165) is 6.26 Å². The highest BCUT2D eigenvalue weighted by molar-refractivity contribution is 7.92. The van der Waals surface area contributed by atoms with E-state index in [1.807, 2.05) is 0 Å². The van der Waals surface area contributed by atoms with Crippen molar-refractivity contribution in [2.45, 2.75) is 18.7 Å². The Bertz CT molecular complexity index is 542.